The summed E-state index contributed by atoms with van der Waals surface area (Å²) in [6.45, 7) is 1.52. The van der Waals surface area contributed by atoms with Gasteiger partial charge < -0.3 is 10.4 Å². The summed E-state index contributed by atoms with van der Waals surface area (Å²) < 4.78 is 0. The molecule has 2 rings (SSSR count). The van der Waals surface area contributed by atoms with Crippen LogP contribution in [0.5, 0.6) is 0 Å². The number of aliphatic hydroxyl groups is 1. The Morgan fingerprint density at radius 3 is 2.86 bits per heavy atom. The molecule has 0 heterocycles. The predicted octanol–water partition coefficient (Wildman–Crippen LogP) is 2.76. The summed E-state index contributed by atoms with van der Waals surface area (Å²) in [5.74, 6) is 0.144. The summed E-state index contributed by atoms with van der Waals surface area (Å²) in [6.07, 6.45) is 3.73. The van der Waals surface area contributed by atoms with Crippen LogP contribution in [0, 0.1) is 16.0 Å². The number of Topliss-reactive ketones (excluding diaryl/α,β-unsaturated/α-hetero) is 1. The van der Waals surface area contributed by atoms with Gasteiger partial charge in [-0.25, -0.2) is 0 Å². The first-order valence-electron chi connectivity index (χ1n) is 7.19. The molecule has 0 aliphatic heterocycles. The summed E-state index contributed by atoms with van der Waals surface area (Å²) in [5, 5.41) is 23.5. The molecular formula is C15H20N2O4. The van der Waals surface area contributed by atoms with Crippen molar-refractivity contribution < 1.29 is 14.8 Å². The van der Waals surface area contributed by atoms with E-state index in [-0.39, 0.29) is 24.1 Å². The average Bonchev–Trinajstić information content (AvgIpc) is 2.86. The minimum absolute atomic E-state index is 0.0719. The number of benzene rings is 1. The standard InChI is InChI=1S/C15H20N2O4/c1-10(19)12-5-6-14(15(9-12)17(20)21)16-13-4-2-3-11(13)7-8-18/h5-6,9,11,13,16,18H,2-4,7-8H2,1H3. The van der Waals surface area contributed by atoms with Gasteiger partial charge in [-0.1, -0.05) is 6.42 Å². The molecule has 2 N–H and O–H groups in total. The molecule has 0 bridgehead atoms. The first-order valence-corrected chi connectivity index (χ1v) is 7.19. The Morgan fingerprint density at radius 1 is 1.48 bits per heavy atom. The molecule has 0 aromatic heterocycles. The maximum atomic E-state index is 11.3. The number of hydrogen-bond donors (Lipinski definition) is 2. The fourth-order valence-corrected chi connectivity index (χ4v) is 2.96. The van der Waals surface area contributed by atoms with Crippen molar-refractivity contribution in [2.45, 2.75) is 38.6 Å². The first-order chi connectivity index (χ1) is 10.0. The highest BCUT2D eigenvalue weighted by atomic mass is 16.6. The Labute approximate surface area is 123 Å². The Hall–Kier alpha value is -1.95. The van der Waals surface area contributed by atoms with Crippen LogP contribution in [0.25, 0.3) is 0 Å². The zero-order valence-electron chi connectivity index (χ0n) is 12.0. The van der Waals surface area contributed by atoms with Gasteiger partial charge in [0.2, 0.25) is 0 Å². The lowest BCUT2D eigenvalue weighted by molar-refractivity contribution is -0.384. The van der Waals surface area contributed by atoms with Crippen molar-refractivity contribution in [3.05, 3.63) is 33.9 Å². The van der Waals surface area contributed by atoms with Crippen LogP contribution in [0.3, 0.4) is 0 Å². The largest absolute Gasteiger partial charge is 0.396 e. The highest BCUT2D eigenvalue weighted by Gasteiger charge is 2.28. The second kappa shape index (κ2) is 6.67. The second-order valence-electron chi connectivity index (χ2n) is 5.50. The van der Waals surface area contributed by atoms with Crippen LogP contribution in [-0.4, -0.2) is 28.5 Å². The second-order valence-corrected chi connectivity index (χ2v) is 5.50. The van der Waals surface area contributed by atoms with Crippen molar-refractivity contribution in [3.63, 3.8) is 0 Å². The van der Waals surface area contributed by atoms with Crippen molar-refractivity contribution >= 4 is 17.2 Å². The molecule has 0 radical (unpaired) electrons. The van der Waals surface area contributed by atoms with Gasteiger partial charge in [0.15, 0.2) is 5.78 Å². The van der Waals surface area contributed by atoms with E-state index >= 15 is 0 Å². The number of nitrogens with one attached hydrogen (secondary N) is 1. The molecule has 1 fully saturated rings. The van der Waals surface area contributed by atoms with E-state index in [1.165, 1.54) is 13.0 Å². The van der Waals surface area contributed by atoms with E-state index in [1.54, 1.807) is 12.1 Å². The summed E-state index contributed by atoms with van der Waals surface area (Å²) in [6, 6.07) is 4.66. The number of aliphatic hydroxyl groups excluding tert-OH is 1. The number of nitrogens with zero attached hydrogens (tertiary/aromatic N) is 1. The monoisotopic (exact) mass is 292 g/mol. The van der Waals surface area contributed by atoms with Crippen molar-refractivity contribution in [2.75, 3.05) is 11.9 Å². The van der Waals surface area contributed by atoms with Crippen molar-refractivity contribution in [3.8, 4) is 0 Å². The van der Waals surface area contributed by atoms with Crippen LogP contribution in [0.4, 0.5) is 11.4 Å². The SMILES string of the molecule is CC(=O)c1ccc(NC2CCCC2CCO)c([N+](=O)[O-])c1. The van der Waals surface area contributed by atoms with Gasteiger partial charge in [0.05, 0.1) is 4.92 Å². The van der Waals surface area contributed by atoms with Gasteiger partial charge in [-0.05, 0) is 44.2 Å². The van der Waals surface area contributed by atoms with E-state index in [2.05, 4.69) is 5.32 Å². The van der Waals surface area contributed by atoms with Crippen LogP contribution in [0.1, 0.15) is 43.0 Å². The zero-order chi connectivity index (χ0) is 15.4. The Morgan fingerprint density at radius 2 is 2.24 bits per heavy atom. The summed E-state index contributed by atoms with van der Waals surface area (Å²) in [7, 11) is 0. The number of hydrogen-bond acceptors (Lipinski definition) is 5. The topological polar surface area (TPSA) is 92.5 Å². The average molecular weight is 292 g/mol. The van der Waals surface area contributed by atoms with E-state index in [9.17, 15) is 14.9 Å². The highest BCUT2D eigenvalue weighted by molar-refractivity contribution is 5.95. The summed E-state index contributed by atoms with van der Waals surface area (Å²) in [5.41, 5.74) is 0.711. The Bertz CT molecular complexity index is 544. The molecule has 114 valence electrons. The molecule has 1 aliphatic carbocycles. The highest BCUT2D eigenvalue weighted by Crippen LogP contribution is 2.34. The number of carbonyl (C=O) groups is 1. The molecule has 2 atom stereocenters. The third kappa shape index (κ3) is 3.58. The van der Waals surface area contributed by atoms with Gasteiger partial charge in [-0.3, -0.25) is 14.9 Å². The van der Waals surface area contributed by atoms with Crippen molar-refractivity contribution in [1.29, 1.82) is 0 Å². The lowest BCUT2D eigenvalue weighted by atomic mass is 9.99. The number of nitro benzene ring substituents is 1. The fourth-order valence-electron chi connectivity index (χ4n) is 2.96. The van der Waals surface area contributed by atoms with Crippen LogP contribution >= 0.6 is 0 Å². The summed E-state index contributed by atoms with van der Waals surface area (Å²) in [4.78, 5) is 22.1. The van der Waals surface area contributed by atoms with Gasteiger partial charge in [0.1, 0.15) is 5.69 Å². The van der Waals surface area contributed by atoms with Gasteiger partial charge in [-0.15, -0.1) is 0 Å². The minimum atomic E-state index is -0.467. The molecule has 0 amide bonds. The number of nitro groups is 1. The van der Waals surface area contributed by atoms with E-state index in [0.29, 0.717) is 23.6 Å². The van der Waals surface area contributed by atoms with Crippen molar-refractivity contribution in [2.24, 2.45) is 5.92 Å². The molecule has 1 aromatic carbocycles. The first kappa shape index (κ1) is 15.4. The lowest BCUT2D eigenvalue weighted by Crippen LogP contribution is -2.25. The Balaban J connectivity index is 2.23. The zero-order valence-corrected chi connectivity index (χ0v) is 12.0. The maximum absolute atomic E-state index is 11.3. The number of ketones is 1. The molecule has 6 nitrogen and oxygen atoms in total. The molecule has 0 spiro atoms. The maximum Gasteiger partial charge on any atom is 0.293 e. The molecule has 1 aliphatic rings. The molecule has 1 aromatic rings. The normalized spacial score (nSPS) is 21.2. The minimum Gasteiger partial charge on any atom is -0.396 e. The predicted molar refractivity (Wildman–Crippen MR) is 79.6 cm³/mol. The van der Waals surface area contributed by atoms with Gasteiger partial charge >= 0.3 is 0 Å². The van der Waals surface area contributed by atoms with E-state index in [0.717, 1.165) is 19.3 Å². The molecule has 2 unspecified atom stereocenters. The Kier molecular flexibility index (Phi) is 4.90. The van der Waals surface area contributed by atoms with Crippen LogP contribution < -0.4 is 5.32 Å². The number of rotatable bonds is 6. The molecule has 6 heteroatoms. The third-order valence-corrected chi connectivity index (χ3v) is 4.10. The number of anilines is 1. The van der Waals surface area contributed by atoms with Crippen LogP contribution in [0.15, 0.2) is 18.2 Å². The van der Waals surface area contributed by atoms with Crippen molar-refractivity contribution in [1.82, 2.24) is 0 Å². The third-order valence-electron chi connectivity index (χ3n) is 4.10. The number of carbonyl (C=O) groups excluding carboxylic acids is 1. The summed E-state index contributed by atoms with van der Waals surface area (Å²) >= 11 is 0. The fraction of sp³-hybridized carbons (Fsp3) is 0.533. The van der Waals surface area contributed by atoms with Crippen LogP contribution in [0.2, 0.25) is 0 Å². The van der Waals surface area contributed by atoms with E-state index in [4.69, 9.17) is 5.11 Å². The van der Waals surface area contributed by atoms with Crippen LogP contribution in [-0.2, 0) is 0 Å². The molecule has 21 heavy (non-hydrogen) atoms. The van der Waals surface area contributed by atoms with E-state index in [1.807, 2.05) is 0 Å². The van der Waals surface area contributed by atoms with E-state index < -0.39 is 4.92 Å². The molecule has 0 saturated heterocycles. The quantitative estimate of drug-likeness (QED) is 0.478. The molecular weight excluding hydrogens is 272 g/mol. The van der Waals surface area contributed by atoms with Gasteiger partial charge in [0, 0.05) is 24.3 Å². The van der Waals surface area contributed by atoms with Gasteiger partial charge in [0.25, 0.3) is 5.69 Å². The molecule has 1 saturated carbocycles. The smallest absolute Gasteiger partial charge is 0.293 e. The lowest BCUT2D eigenvalue weighted by Gasteiger charge is -2.21. The van der Waals surface area contributed by atoms with Gasteiger partial charge in [-0.2, -0.15) is 0 Å².